The van der Waals surface area contributed by atoms with Crippen molar-refractivity contribution in [1.29, 1.82) is 0 Å². The lowest BCUT2D eigenvalue weighted by molar-refractivity contribution is 0.653. The second-order valence-corrected chi connectivity index (χ2v) is 7.22. The van der Waals surface area contributed by atoms with Crippen molar-refractivity contribution in [3.05, 3.63) is 53.7 Å². The summed E-state index contributed by atoms with van der Waals surface area (Å²) < 4.78 is 0. The Morgan fingerprint density at radius 3 is 2.28 bits per heavy atom. The fourth-order valence-electron chi connectivity index (χ4n) is 3.71. The van der Waals surface area contributed by atoms with Crippen LogP contribution in [-0.4, -0.2) is 4.98 Å². The van der Waals surface area contributed by atoms with Crippen LogP contribution in [0.3, 0.4) is 0 Å². The fourth-order valence-corrected chi connectivity index (χ4v) is 3.71. The lowest BCUT2D eigenvalue weighted by Crippen LogP contribution is -2.00. The Hall–Kier alpha value is -1.89. The SMILES string of the molecule is CCCCCCc1nc2c(ccc3ccccc32)cc1CCCCC. The third-order valence-electron chi connectivity index (χ3n) is 5.20. The van der Waals surface area contributed by atoms with Gasteiger partial charge in [-0.1, -0.05) is 82.3 Å². The van der Waals surface area contributed by atoms with Crippen molar-refractivity contribution < 1.29 is 0 Å². The molecule has 0 aliphatic rings. The number of hydrogen-bond donors (Lipinski definition) is 0. The van der Waals surface area contributed by atoms with Gasteiger partial charge in [-0.2, -0.15) is 0 Å². The fraction of sp³-hybridized carbons (Fsp3) is 0.458. The van der Waals surface area contributed by atoms with Crippen molar-refractivity contribution in [1.82, 2.24) is 4.98 Å². The molecule has 0 radical (unpaired) electrons. The lowest BCUT2D eigenvalue weighted by atomic mass is 9.98. The summed E-state index contributed by atoms with van der Waals surface area (Å²) in [7, 11) is 0. The standard InChI is InChI=1S/C24H31N/c1-3-5-7-9-15-23-20(13-8-6-4-2)18-21-17-16-19-12-10-11-14-22(19)24(21)25-23/h10-12,14,16-18H,3-9,13,15H2,1-2H3. The maximum absolute atomic E-state index is 5.18. The van der Waals surface area contributed by atoms with Crippen LogP contribution in [0.1, 0.15) is 70.1 Å². The maximum Gasteiger partial charge on any atom is 0.0783 e. The largest absolute Gasteiger partial charge is 0.252 e. The highest BCUT2D eigenvalue weighted by atomic mass is 14.7. The summed E-state index contributed by atoms with van der Waals surface area (Å²) in [4.78, 5) is 5.18. The van der Waals surface area contributed by atoms with Gasteiger partial charge in [-0.3, -0.25) is 4.98 Å². The van der Waals surface area contributed by atoms with Gasteiger partial charge in [0.15, 0.2) is 0 Å². The molecule has 0 spiro atoms. The van der Waals surface area contributed by atoms with Gasteiger partial charge in [-0.15, -0.1) is 0 Å². The monoisotopic (exact) mass is 333 g/mol. The van der Waals surface area contributed by atoms with E-state index < -0.39 is 0 Å². The molecule has 132 valence electrons. The molecule has 0 aliphatic heterocycles. The first-order valence-corrected chi connectivity index (χ1v) is 10.1. The molecule has 3 aromatic rings. The van der Waals surface area contributed by atoms with Crippen molar-refractivity contribution >= 4 is 21.7 Å². The van der Waals surface area contributed by atoms with E-state index in [9.17, 15) is 0 Å². The highest BCUT2D eigenvalue weighted by Crippen LogP contribution is 2.27. The molecule has 0 aliphatic carbocycles. The predicted molar refractivity (Wildman–Crippen MR) is 110 cm³/mol. The van der Waals surface area contributed by atoms with Crippen LogP contribution in [0.2, 0.25) is 0 Å². The minimum Gasteiger partial charge on any atom is -0.252 e. The molecule has 1 heterocycles. The minimum atomic E-state index is 1.13. The number of aromatic nitrogens is 1. The number of pyridine rings is 1. The molecule has 0 atom stereocenters. The molecule has 0 saturated carbocycles. The Kier molecular flexibility index (Phi) is 6.44. The van der Waals surface area contributed by atoms with E-state index in [-0.39, 0.29) is 0 Å². The van der Waals surface area contributed by atoms with Crippen LogP contribution in [0.25, 0.3) is 21.7 Å². The number of fused-ring (bicyclic) bond motifs is 3. The zero-order chi connectivity index (χ0) is 17.5. The zero-order valence-electron chi connectivity index (χ0n) is 15.9. The number of unbranched alkanes of at least 4 members (excludes halogenated alkanes) is 5. The van der Waals surface area contributed by atoms with Gasteiger partial charge in [0.2, 0.25) is 0 Å². The van der Waals surface area contributed by atoms with E-state index in [0.29, 0.717) is 0 Å². The predicted octanol–water partition coefficient (Wildman–Crippen LogP) is 7.24. The second kappa shape index (κ2) is 8.99. The van der Waals surface area contributed by atoms with E-state index in [1.54, 1.807) is 0 Å². The molecule has 0 unspecified atom stereocenters. The molecule has 0 fully saturated rings. The summed E-state index contributed by atoms with van der Waals surface area (Å²) in [5.41, 5.74) is 4.01. The van der Waals surface area contributed by atoms with Crippen molar-refractivity contribution in [2.45, 2.75) is 71.6 Å². The molecule has 0 N–H and O–H groups in total. The van der Waals surface area contributed by atoms with E-state index in [0.717, 1.165) is 6.42 Å². The zero-order valence-corrected chi connectivity index (χ0v) is 15.9. The van der Waals surface area contributed by atoms with Crippen molar-refractivity contribution in [2.75, 3.05) is 0 Å². The van der Waals surface area contributed by atoms with Crippen LogP contribution in [0.5, 0.6) is 0 Å². The van der Waals surface area contributed by atoms with E-state index in [2.05, 4.69) is 56.3 Å². The van der Waals surface area contributed by atoms with Gasteiger partial charge in [0.1, 0.15) is 0 Å². The first kappa shape index (κ1) is 17.9. The van der Waals surface area contributed by atoms with Crippen LogP contribution >= 0.6 is 0 Å². The number of hydrogen-bond acceptors (Lipinski definition) is 1. The molecule has 1 aromatic heterocycles. The van der Waals surface area contributed by atoms with Gasteiger partial charge in [0.05, 0.1) is 5.52 Å². The third kappa shape index (κ3) is 4.39. The molecule has 0 saturated heterocycles. The Morgan fingerprint density at radius 1 is 0.720 bits per heavy atom. The quantitative estimate of drug-likeness (QED) is 0.297. The first-order chi connectivity index (χ1) is 12.3. The summed E-state index contributed by atoms with van der Waals surface area (Å²) in [6.45, 7) is 4.55. The Morgan fingerprint density at radius 2 is 1.44 bits per heavy atom. The number of rotatable bonds is 9. The van der Waals surface area contributed by atoms with Gasteiger partial charge < -0.3 is 0 Å². The highest BCUT2D eigenvalue weighted by Gasteiger charge is 2.09. The Bertz CT molecular complexity index is 819. The van der Waals surface area contributed by atoms with Gasteiger partial charge in [-0.25, -0.2) is 0 Å². The summed E-state index contributed by atoms with van der Waals surface area (Å²) >= 11 is 0. The van der Waals surface area contributed by atoms with E-state index in [4.69, 9.17) is 4.98 Å². The molecule has 25 heavy (non-hydrogen) atoms. The lowest BCUT2D eigenvalue weighted by Gasteiger charge is -2.12. The molecule has 2 aromatic carbocycles. The number of benzene rings is 2. The molecule has 0 amide bonds. The number of aryl methyl sites for hydroxylation is 2. The van der Waals surface area contributed by atoms with Gasteiger partial charge >= 0.3 is 0 Å². The van der Waals surface area contributed by atoms with Crippen molar-refractivity contribution in [3.63, 3.8) is 0 Å². The first-order valence-electron chi connectivity index (χ1n) is 10.1. The molecule has 1 nitrogen and oxygen atoms in total. The summed E-state index contributed by atoms with van der Waals surface area (Å²) in [5, 5.41) is 3.87. The van der Waals surface area contributed by atoms with Crippen LogP contribution in [0.15, 0.2) is 42.5 Å². The normalized spacial score (nSPS) is 11.4. The van der Waals surface area contributed by atoms with E-state index in [1.807, 2.05) is 0 Å². The minimum absolute atomic E-state index is 1.13. The Balaban J connectivity index is 1.97. The highest BCUT2D eigenvalue weighted by molar-refractivity contribution is 6.05. The molecule has 0 bridgehead atoms. The van der Waals surface area contributed by atoms with Crippen LogP contribution in [-0.2, 0) is 12.8 Å². The third-order valence-corrected chi connectivity index (χ3v) is 5.20. The van der Waals surface area contributed by atoms with Crippen molar-refractivity contribution in [2.24, 2.45) is 0 Å². The topological polar surface area (TPSA) is 12.9 Å². The summed E-state index contributed by atoms with van der Waals surface area (Å²) in [6, 6.07) is 15.5. The molecule has 1 heteroatoms. The van der Waals surface area contributed by atoms with Crippen molar-refractivity contribution in [3.8, 4) is 0 Å². The van der Waals surface area contributed by atoms with E-state index in [1.165, 1.54) is 84.3 Å². The summed E-state index contributed by atoms with van der Waals surface area (Å²) in [6.07, 6.45) is 11.4. The maximum atomic E-state index is 5.18. The molecular formula is C24H31N. The van der Waals surface area contributed by atoms with E-state index >= 15 is 0 Å². The average Bonchev–Trinajstić information content (AvgIpc) is 2.65. The Labute approximate surface area is 152 Å². The smallest absolute Gasteiger partial charge is 0.0783 e. The number of nitrogens with zero attached hydrogens (tertiary/aromatic N) is 1. The van der Waals surface area contributed by atoms with Gasteiger partial charge in [0.25, 0.3) is 0 Å². The second-order valence-electron chi connectivity index (χ2n) is 7.22. The summed E-state index contributed by atoms with van der Waals surface area (Å²) in [5.74, 6) is 0. The van der Waals surface area contributed by atoms with Gasteiger partial charge in [-0.05, 0) is 42.7 Å². The molecule has 3 rings (SSSR count). The molecular weight excluding hydrogens is 302 g/mol. The van der Waals surface area contributed by atoms with Crippen LogP contribution in [0, 0.1) is 0 Å². The average molecular weight is 334 g/mol. The van der Waals surface area contributed by atoms with Gasteiger partial charge in [0, 0.05) is 16.5 Å². The van der Waals surface area contributed by atoms with Crippen LogP contribution < -0.4 is 0 Å². The van der Waals surface area contributed by atoms with Crippen LogP contribution in [0.4, 0.5) is 0 Å².